The quantitative estimate of drug-likeness (QED) is 0.816. The van der Waals surface area contributed by atoms with Gasteiger partial charge in [0.2, 0.25) is 0 Å². The number of furan rings is 1. The standard InChI is InChI=1S/C11H10ClN3O2/c12-10-3-8(9(13)5-14-10)11(16)15-4-7-1-2-17-6-7/h1-3,5-6H,4,13H2,(H,15,16). The summed E-state index contributed by atoms with van der Waals surface area (Å²) in [4.78, 5) is 15.6. The first kappa shape index (κ1) is 11.5. The molecule has 6 heteroatoms. The van der Waals surface area contributed by atoms with Crippen LogP contribution in [0, 0.1) is 0 Å². The van der Waals surface area contributed by atoms with Crippen LogP contribution in [-0.2, 0) is 6.54 Å². The molecule has 0 atom stereocenters. The average molecular weight is 252 g/mol. The van der Waals surface area contributed by atoms with E-state index in [1.807, 2.05) is 0 Å². The van der Waals surface area contributed by atoms with E-state index in [-0.39, 0.29) is 11.1 Å². The molecule has 0 radical (unpaired) electrons. The van der Waals surface area contributed by atoms with Crippen LogP contribution in [0.15, 0.2) is 35.3 Å². The van der Waals surface area contributed by atoms with E-state index in [9.17, 15) is 4.79 Å². The van der Waals surface area contributed by atoms with Crippen LogP contribution in [0.2, 0.25) is 5.15 Å². The van der Waals surface area contributed by atoms with Crippen molar-refractivity contribution in [2.45, 2.75) is 6.54 Å². The number of aromatic nitrogens is 1. The highest BCUT2D eigenvalue weighted by Crippen LogP contribution is 2.14. The molecule has 1 amide bonds. The van der Waals surface area contributed by atoms with Crippen LogP contribution in [0.25, 0.3) is 0 Å². The molecule has 0 saturated carbocycles. The summed E-state index contributed by atoms with van der Waals surface area (Å²) in [6, 6.07) is 3.20. The number of pyridine rings is 1. The van der Waals surface area contributed by atoms with Crippen LogP contribution >= 0.6 is 11.6 Å². The van der Waals surface area contributed by atoms with Crippen LogP contribution in [0.1, 0.15) is 15.9 Å². The minimum Gasteiger partial charge on any atom is -0.472 e. The van der Waals surface area contributed by atoms with E-state index in [1.54, 1.807) is 18.6 Å². The third-order valence-corrected chi connectivity index (χ3v) is 2.39. The van der Waals surface area contributed by atoms with Gasteiger partial charge in [-0.2, -0.15) is 0 Å². The van der Waals surface area contributed by atoms with Crippen LogP contribution in [0.5, 0.6) is 0 Å². The maximum Gasteiger partial charge on any atom is 0.253 e. The third kappa shape index (κ3) is 2.76. The highest BCUT2D eigenvalue weighted by atomic mass is 35.5. The Hall–Kier alpha value is -2.01. The van der Waals surface area contributed by atoms with Crippen LogP contribution in [0.3, 0.4) is 0 Å². The van der Waals surface area contributed by atoms with E-state index in [0.717, 1.165) is 5.56 Å². The van der Waals surface area contributed by atoms with Gasteiger partial charge in [0.1, 0.15) is 5.15 Å². The van der Waals surface area contributed by atoms with E-state index in [0.29, 0.717) is 17.8 Å². The Morgan fingerprint density at radius 3 is 3.12 bits per heavy atom. The fourth-order valence-electron chi connectivity index (χ4n) is 1.31. The van der Waals surface area contributed by atoms with Crippen molar-refractivity contribution in [1.82, 2.24) is 10.3 Å². The molecule has 2 aromatic rings. The molecule has 0 fully saturated rings. The highest BCUT2D eigenvalue weighted by molar-refractivity contribution is 6.29. The SMILES string of the molecule is Nc1cnc(Cl)cc1C(=O)NCc1ccoc1. The Balaban J connectivity index is 2.07. The minimum atomic E-state index is -0.298. The molecule has 0 bridgehead atoms. The second kappa shape index (κ2) is 4.88. The lowest BCUT2D eigenvalue weighted by molar-refractivity contribution is 0.0951. The first-order chi connectivity index (χ1) is 8.16. The second-order valence-electron chi connectivity index (χ2n) is 3.41. The molecule has 88 valence electrons. The molecule has 0 aromatic carbocycles. The van der Waals surface area contributed by atoms with Crippen molar-refractivity contribution in [1.29, 1.82) is 0 Å². The van der Waals surface area contributed by atoms with Gasteiger partial charge in [-0.05, 0) is 12.1 Å². The first-order valence-corrected chi connectivity index (χ1v) is 5.25. The fraction of sp³-hybridized carbons (Fsp3) is 0.0909. The van der Waals surface area contributed by atoms with E-state index >= 15 is 0 Å². The van der Waals surface area contributed by atoms with Gasteiger partial charge in [-0.25, -0.2) is 4.98 Å². The van der Waals surface area contributed by atoms with E-state index < -0.39 is 0 Å². The lowest BCUT2D eigenvalue weighted by atomic mass is 10.2. The molecular weight excluding hydrogens is 242 g/mol. The van der Waals surface area contributed by atoms with Gasteiger partial charge in [0, 0.05) is 12.1 Å². The zero-order valence-corrected chi connectivity index (χ0v) is 9.57. The topological polar surface area (TPSA) is 81.1 Å². The number of carbonyl (C=O) groups is 1. The smallest absolute Gasteiger partial charge is 0.253 e. The monoisotopic (exact) mass is 251 g/mol. The average Bonchev–Trinajstić information content (AvgIpc) is 2.82. The zero-order valence-electron chi connectivity index (χ0n) is 8.81. The Labute approximate surface area is 103 Å². The molecule has 0 aliphatic carbocycles. The van der Waals surface area contributed by atoms with Gasteiger partial charge in [-0.3, -0.25) is 4.79 Å². The second-order valence-corrected chi connectivity index (χ2v) is 3.80. The molecule has 17 heavy (non-hydrogen) atoms. The number of rotatable bonds is 3. The van der Waals surface area contributed by atoms with Gasteiger partial charge < -0.3 is 15.5 Å². The summed E-state index contributed by atoms with van der Waals surface area (Å²) in [6.07, 6.45) is 4.46. The summed E-state index contributed by atoms with van der Waals surface area (Å²) >= 11 is 5.70. The molecule has 5 nitrogen and oxygen atoms in total. The summed E-state index contributed by atoms with van der Waals surface area (Å²) in [5.41, 5.74) is 7.12. The molecule has 2 heterocycles. The number of hydrogen-bond acceptors (Lipinski definition) is 4. The number of nitrogens with zero attached hydrogens (tertiary/aromatic N) is 1. The maximum atomic E-state index is 11.8. The Bertz CT molecular complexity index is 526. The lowest BCUT2D eigenvalue weighted by Crippen LogP contribution is -2.23. The van der Waals surface area contributed by atoms with Crippen molar-refractivity contribution in [3.63, 3.8) is 0 Å². The van der Waals surface area contributed by atoms with Crippen LogP contribution in [-0.4, -0.2) is 10.9 Å². The molecular formula is C11H10ClN3O2. The van der Waals surface area contributed by atoms with Crippen molar-refractivity contribution < 1.29 is 9.21 Å². The molecule has 0 saturated heterocycles. The molecule has 3 N–H and O–H groups in total. The zero-order chi connectivity index (χ0) is 12.3. The number of anilines is 1. The maximum absolute atomic E-state index is 11.8. The number of halogens is 1. The summed E-state index contributed by atoms with van der Waals surface area (Å²) in [5.74, 6) is -0.298. The first-order valence-electron chi connectivity index (χ1n) is 4.87. The van der Waals surface area contributed by atoms with Gasteiger partial charge in [-0.15, -0.1) is 0 Å². The van der Waals surface area contributed by atoms with Gasteiger partial charge in [0.05, 0.1) is 30.0 Å². The summed E-state index contributed by atoms with van der Waals surface area (Å²) in [6.45, 7) is 0.370. The number of nitrogens with one attached hydrogen (secondary N) is 1. The molecule has 0 aliphatic heterocycles. The van der Waals surface area contributed by atoms with Gasteiger partial charge in [-0.1, -0.05) is 11.6 Å². The van der Waals surface area contributed by atoms with Gasteiger partial charge >= 0.3 is 0 Å². The van der Waals surface area contributed by atoms with Crippen molar-refractivity contribution in [2.75, 3.05) is 5.73 Å². The van der Waals surface area contributed by atoms with E-state index in [4.69, 9.17) is 21.8 Å². The summed E-state index contributed by atoms with van der Waals surface area (Å²) in [7, 11) is 0. The van der Waals surface area contributed by atoms with Crippen LogP contribution < -0.4 is 11.1 Å². The molecule has 0 unspecified atom stereocenters. The Morgan fingerprint density at radius 1 is 1.59 bits per heavy atom. The molecule has 0 aliphatic rings. The van der Waals surface area contributed by atoms with Gasteiger partial charge in [0.25, 0.3) is 5.91 Å². The van der Waals surface area contributed by atoms with E-state index in [2.05, 4.69) is 10.3 Å². The molecule has 0 spiro atoms. The molecule has 2 rings (SSSR count). The van der Waals surface area contributed by atoms with Crippen molar-refractivity contribution in [3.8, 4) is 0 Å². The van der Waals surface area contributed by atoms with E-state index in [1.165, 1.54) is 12.3 Å². The summed E-state index contributed by atoms with van der Waals surface area (Å²) in [5, 5.41) is 2.93. The predicted octanol–water partition coefficient (Wildman–Crippen LogP) is 1.84. The van der Waals surface area contributed by atoms with Crippen molar-refractivity contribution in [2.24, 2.45) is 0 Å². The lowest BCUT2D eigenvalue weighted by Gasteiger charge is -2.06. The minimum absolute atomic E-state index is 0.229. The Kier molecular flexibility index (Phi) is 3.30. The number of hydrogen-bond donors (Lipinski definition) is 2. The van der Waals surface area contributed by atoms with Gasteiger partial charge in [0.15, 0.2) is 0 Å². The predicted molar refractivity (Wildman–Crippen MR) is 63.5 cm³/mol. The molecule has 2 aromatic heterocycles. The number of amides is 1. The highest BCUT2D eigenvalue weighted by Gasteiger charge is 2.10. The number of nitrogens with two attached hydrogens (primary N) is 1. The fourth-order valence-corrected chi connectivity index (χ4v) is 1.47. The van der Waals surface area contributed by atoms with Crippen molar-refractivity contribution >= 4 is 23.2 Å². The Morgan fingerprint density at radius 2 is 2.41 bits per heavy atom. The number of carbonyl (C=O) groups excluding carboxylic acids is 1. The van der Waals surface area contributed by atoms with Crippen molar-refractivity contribution in [3.05, 3.63) is 47.1 Å². The largest absolute Gasteiger partial charge is 0.472 e. The number of nitrogen functional groups attached to an aromatic ring is 1. The normalized spacial score (nSPS) is 10.2. The third-order valence-electron chi connectivity index (χ3n) is 2.18. The van der Waals surface area contributed by atoms with Crippen LogP contribution in [0.4, 0.5) is 5.69 Å². The summed E-state index contributed by atoms with van der Waals surface area (Å²) < 4.78 is 4.89.